The smallest absolute Gasteiger partial charge is 0.271 e. The van der Waals surface area contributed by atoms with Gasteiger partial charge in [-0.15, -0.1) is 6.42 Å². The number of nitro benzene ring substituents is 1. The number of benzene rings is 1. The van der Waals surface area contributed by atoms with E-state index >= 15 is 0 Å². The second-order valence-corrected chi connectivity index (χ2v) is 3.36. The van der Waals surface area contributed by atoms with Crippen LogP contribution in [0, 0.1) is 22.5 Å². The quantitative estimate of drug-likeness (QED) is 0.488. The van der Waals surface area contributed by atoms with E-state index in [9.17, 15) is 10.1 Å². The largest absolute Gasteiger partial charge is 0.371 e. The van der Waals surface area contributed by atoms with Gasteiger partial charge < -0.3 is 5.32 Å². The number of nitro groups is 1. The molecule has 4 nitrogen and oxygen atoms in total. The van der Waals surface area contributed by atoms with Crippen LogP contribution < -0.4 is 5.32 Å². The number of non-ortho nitro benzene ring substituents is 1. The first kappa shape index (κ1) is 11.3. The molecule has 1 atom stereocenters. The molecule has 15 heavy (non-hydrogen) atoms. The lowest BCUT2D eigenvalue weighted by atomic mass is 10.2. The Morgan fingerprint density at radius 3 is 2.80 bits per heavy atom. The van der Waals surface area contributed by atoms with Gasteiger partial charge in [-0.3, -0.25) is 10.1 Å². The molecule has 0 radical (unpaired) electrons. The minimum atomic E-state index is -0.500. The number of nitrogens with one attached hydrogen (secondary N) is 1. The molecule has 1 aromatic rings. The number of rotatable bonds is 3. The van der Waals surface area contributed by atoms with E-state index in [1.54, 1.807) is 6.92 Å². The minimum Gasteiger partial charge on any atom is -0.371 e. The van der Waals surface area contributed by atoms with Crippen LogP contribution in [0.5, 0.6) is 0 Å². The van der Waals surface area contributed by atoms with Gasteiger partial charge in [-0.2, -0.15) is 0 Å². The highest BCUT2D eigenvalue weighted by molar-refractivity contribution is 6.33. The molecule has 0 aliphatic heterocycles. The highest BCUT2D eigenvalue weighted by Crippen LogP contribution is 2.26. The van der Waals surface area contributed by atoms with Crippen molar-refractivity contribution >= 4 is 23.0 Å². The average molecular weight is 225 g/mol. The Hall–Kier alpha value is -1.73. The molecule has 0 aliphatic rings. The van der Waals surface area contributed by atoms with Gasteiger partial charge in [0, 0.05) is 12.1 Å². The Bertz CT molecular complexity index is 426. The van der Waals surface area contributed by atoms with Gasteiger partial charge >= 0.3 is 0 Å². The lowest BCUT2D eigenvalue weighted by Gasteiger charge is -2.10. The Kier molecular flexibility index (Phi) is 3.53. The van der Waals surface area contributed by atoms with Gasteiger partial charge in [-0.1, -0.05) is 17.5 Å². The van der Waals surface area contributed by atoms with E-state index in [0.29, 0.717) is 5.69 Å². The summed E-state index contributed by atoms with van der Waals surface area (Å²) in [4.78, 5) is 9.94. The predicted octanol–water partition coefficient (Wildman–Crippen LogP) is 2.68. The second kappa shape index (κ2) is 4.67. The Morgan fingerprint density at radius 1 is 1.67 bits per heavy atom. The molecule has 0 bridgehead atoms. The fraction of sp³-hybridized carbons (Fsp3) is 0.200. The van der Waals surface area contributed by atoms with E-state index in [2.05, 4.69) is 11.2 Å². The van der Waals surface area contributed by atoms with Crippen molar-refractivity contribution in [1.82, 2.24) is 0 Å². The molecule has 0 amide bonds. The molecule has 0 saturated carbocycles. The van der Waals surface area contributed by atoms with Crippen LogP contribution in [0.15, 0.2) is 18.2 Å². The highest BCUT2D eigenvalue weighted by atomic mass is 35.5. The van der Waals surface area contributed by atoms with Crippen molar-refractivity contribution in [3.63, 3.8) is 0 Å². The van der Waals surface area contributed by atoms with Gasteiger partial charge in [0.05, 0.1) is 21.7 Å². The molecule has 1 unspecified atom stereocenters. The molecule has 1 rings (SSSR count). The summed E-state index contributed by atoms with van der Waals surface area (Å²) in [7, 11) is 0. The molecular formula is C10H9ClN2O2. The zero-order valence-electron chi connectivity index (χ0n) is 8.03. The summed E-state index contributed by atoms with van der Waals surface area (Å²) in [6, 6.07) is 4.02. The van der Waals surface area contributed by atoms with Crippen LogP contribution in [0.2, 0.25) is 5.02 Å². The standard InChI is InChI=1S/C10H9ClN2O2/c1-3-7(2)12-10-5-4-8(13(14)15)6-9(10)11/h1,4-7,12H,2H3. The van der Waals surface area contributed by atoms with Crippen molar-refractivity contribution < 1.29 is 4.92 Å². The maximum atomic E-state index is 10.4. The van der Waals surface area contributed by atoms with Gasteiger partial charge in [0.25, 0.3) is 5.69 Å². The second-order valence-electron chi connectivity index (χ2n) is 2.95. The summed E-state index contributed by atoms with van der Waals surface area (Å²) in [5.41, 5.74) is 0.548. The van der Waals surface area contributed by atoms with Crippen molar-refractivity contribution in [3.8, 4) is 12.3 Å². The van der Waals surface area contributed by atoms with Crippen molar-refractivity contribution in [3.05, 3.63) is 33.3 Å². The van der Waals surface area contributed by atoms with Crippen LogP contribution >= 0.6 is 11.6 Å². The molecule has 78 valence electrons. The van der Waals surface area contributed by atoms with Gasteiger partial charge in [0.2, 0.25) is 0 Å². The lowest BCUT2D eigenvalue weighted by molar-refractivity contribution is -0.384. The van der Waals surface area contributed by atoms with Crippen LogP contribution in [-0.4, -0.2) is 11.0 Å². The zero-order chi connectivity index (χ0) is 11.4. The van der Waals surface area contributed by atoms with Gasteiger partial charge in [-0.05, 0) is 13.0 Å². The molecule has 1 N–H and O–H groups in total. The lowest BCUT2D eigenvalue weighted by Crippen LogP contribution is -2.12. The molecule has 0 heterocycles. The van der Waals surface area contributed by atoms with E-state index in [-0.39, 0.29) is 16.8 Å². The van der Waals surface area contributed by atoms with Crippen LogP contribution in [-0.2, 0) is 0 Å². The van der Waals surface area contributed by atoms with E-state index < -0.39 is 4.92 Å². The van der Waals surface area contributed by atoms with Crippen molar-refractivity contribution in [2.45, 2.75) is 13.0 Å². The maximum Gasteiger partial charge on any atom is 0.271 e. The summed E-state index contributed by atoms with van der Waals surface area (Å²) in [5.74, 6) is 2.47. The molecule has 0 saturated heterocycles. The topological polar surface area (TPSA) is 55.2 Å². The van der Waals surface area contributed by atoms with Crippen LogP contribution in [0.4, 0.5) is 11.4 Å². The van der Waals surface area contributed by atoms with Crippen LogP contribution in [0.3, 0.4) is 0 Å². The number of terminal acetylenes is 1. The molecule has 0 aromatic heterocycles. The van der Waals surface area contributed by atoms with Crippen molar-refractivity contribution in [2.75, 3.05) is 5.32 Å². The fourth-order valence-corrected chi connectivity index (χ4v) is 1.24. The summed E-state index contributed by atoms with van der Waals surface area (Å²) in [6.07, 6.45) is 5.18. The third-order valence-corrected chi connectivity index (χ3v) is 2.10. The third-order valence-electron chi connectivity index (χ3n) is 1.79. The SMILES string of the molecule is C#CC(C)Nc1ccc([N+](=O)[O-])cc1Cl. The molecule has 1 aromatic carbocycles. The summed E-state index contributed by atoms with van der Waals surface area (Å²) in [6.45, 7) is 1.79. The molecule has 0 fully saturated rings. The van der Waals surface area contributed by atoms with Gasteiger partial charge in [-0.25, -0.2) is 0 Å². The van der Waals surface area contributed by atoms with Gasteiger partial charge in [0.15, 0.2) is 0 Å². The first-order valence-electron chi connectivity index (χ1n) is 4.21. The maximum absolute atomic E-state index is 10.4. The summed E-state index contributed by atoms with van der Waals surface area (Å²) < 4.78 is 0. The first-order valence-corrected chi connectivity index (χ1v) is 4.59. The average Bonchev–Trinajstić information content (AvgIpc) is 2.20. The molecular weight excluding hydrogens is 216 g/mol. The van der Waals surface area contributed by atoms with E-state index in [1.807, 2.05) is 0 Å². The molecule has 0 spiro atoms. The third kappa shape index (κ3) is 2.86. The Balaban J connectivity index is 2.94. The number of nitrogens with zero attached hydrogens (tertiary/aromatic N) is 1. The van der Waals surface area contributed by atoms with Crippen LogP contribution in [0.1, 0.15) is 6.92 Å². The van der Waals surface area contributed by atoms with E-state index in [1.165, 1.54) is 18.2 Å². The monoisotopic (exact) mass is 224 g/mol. The zero-order valence-corrected chi connectivity index (χ0v) is 8.78. The summed E-state index contributed by atoms with van der Waals surface area (Å²) >= 11 is 5.84. The highest BCUT2D eigenvalue weighted by Gasteiger charge is 2.09. The Labute approximate surface area is 92.4 Å². The summed E-state index contributed by atoms with van der Waals surface area (Å²) in [5, 5.41) is 13.7. The number of hydrogen-bond donors (Lipinski definition) is 1. The first-order chi connectivity index (χ1) is 7.04. The van der Waals surface area contributed by atoms with Crippen molar-refractivity contribution in [2.24, 2.45) is 0 Å². The molecule has 5 heteroatoms. The predicted molar refractivity (Wildman–Crippen MR) is 60.0 cm³/mol. The molecule has 0 aliphatic carbocycles. The number of hydrogen-bond acceptors (Lipinski definition) is 3. The Morgan fingerprint density at radius 2 is 2.33 bits per heavy atom. The van der Waals surface area contributed by atoms with Crippen LogP contribution in [0.25, 0.3) is 0 Å². The van der Waals surface area contributed by atoms with Crippen molar-refractivity contribution in [1.29, 1.82) is 0 Å². The van der Waals surface area contributed by atoms with Gasteiger partial charge in [0.1, 0.15) is 0 Å². The fourth-order valence-electron chi connectivity index (χ4n) is 1.01. The number of halogens is 1. The van der Waals surface area contributed by atoms with E-state index in [0.717, 1.165) is 0 Å². The normalized spacial score (nSPS) is 11.5. The minimum absolute atomic E-state index is 0.0427. The van der Waals surface area contributed by atoms with E-state index in [4.69, 9.17) is 18.0 Å². The number of anilines is 1.